The molecule has 0 heterocycles. The molecule has 0 saturated heterocycles. The first kappa shape index (κ1) is 23.9. The molecule has 0 aromatic heterocycles. The highest BCUT2D eigenvalue weighted by atomic mass is 28.4. The molecule has 1 unspecified atom stereocenters. The van der Waals surface area contributed by atoms with Crippen molar-refractivity contribution < 1.29 is 14.0 Å². The molecule has 3 nitrogen and oxygen atoms in total. The van der Waals surface area contributed by atoms with Gasteiger partial charge in [-0.15, -0.1) is 0 Å². The van der Waals surface area contributed by atoms with E-state index in [0.717, 1.165) is 18.4 Å². The van der Waals surface area contributed by atoms with Crippen molar-refractivity contribution in [3.05, 3.63) is 34.9 Å². The second kappa shape index (κ2) is 8.91. The largest absolute Gasteiger partial charge is 0.463 e. The van der Waals surface area contributed by atoms with Gasteiger partial charge in [0.2, 0.25) is 0 Å². The monoisotopic (exact) mass is 392 g/mol. The van der Waals surface area contributed by atoms with Crippen molar-refractivity contribution in [2.24, 2.45) is 5.41 Å². The minimum atomic E-state index is -1.77. The van der Waals surface area contributed by atoms with Gasteiger partial charge in [-0.3, -0.25) is 0 Å². The molecule has 0 saturated carbocycles. The molecule has 1 aliphatic carbocycles. The summed E-state index contributed by atoms with van der Waals surface area (Å²) in [5.41, 5.74) is 3.70. The predicted molar refractivity (Wildman–Crippen MR) is 117 cm³/mol. The Bertz CT molecular complexity index is 630. The normalized spacial score (nSPS) is 21.7. The lowest BCUT2D eigenvalue weighted by Gasteiger charge is -2.44. The Labute approximate surface area is 168 Å². The van der Waals surface area contributed by atoms with Crippen LogP contribution in [0.25, 0.3) is 0 Å². The molecule has 0 spiro atoms. The summed E-state index contributed by atoms with van der Waals surface area (Å²) < 4.78 is 11.7. The first-order valence-electron chi connectivity index (χ1n) is 10.1. The maximum atomic E-state index is 11.6. The van der Waals surface area contributed by atoms with Crippen LogP contribution in [0.3, 0.4) is 0 Å². The van der Waals surface area contributed by atoms with Gasteiger partial charge in [-0.25, -0.2) is 4.79 Å². The van der Waals surface area contributed by atoms with E-state index in [9.17, 15) is 4.79 Å². The molecule has 0 aromatic rings. The third-order valence-corrected chi connectivity index (χ3v) is 10.4. The fraction of sp³-hybridized carbons (Fsp3) is 0.696. The van der Waals surface area contributed by atoms with Gasteiger partial charge in [0.05, 0.1) is 6.61 Å². The van der Waals surface area contributed by atoms with Crippen LogP contribution in [-0.2, 0) is 14.0 Å². The van der Waals surface area contributed by atoms with Gasteiger partial charge < -0.3 is 9.16 Å². The van der Waals surface area contributed by atoms with Crippen molar-refractivity contribution in [2.45, 2.75) is 92.5 Å². The minimum absolute atomic E-state index is 0.0517. The quantitative estimate of drug-likeness (QED) is 0.222. The van der Waals surface area contributed by atoms with Crippen LogP contribution in [0, 0.1) is 5.41 Å². The maximum absolute atomic E-state index is 11.6. The number of carbonyl (C=O) groups is 1. The zero-order valence-electron chi connectivity index (χ0n) is 19.2. The lowest BCUT2D eigenvalue weighted by molar-refractivity contribution is -0.137. The van der Waals surface area contributed by atoms with Crippen molar-refractivity contribution in [1.82, 2.24) is 0 Å². The molecule has 27 heavy (non-hydrogen) atoms. The van der Waals surface area contributed by atoms with E-state index in [-0.39, 0.29) is 22.5 Å². The molecule has 0 aromatic carbocycles. The van der Waals surface area contributed by atoms with E-state index in [1.165, 1.54) is 11.1 Å². The first-order valence-corrected chi connectivity index (χ1v) is 13.0. The number of allylic oxidation sites excluding steroid dienone is 4. The van der Waals surface area contributed by atoms with Gasteiger partial charge in [0.1, 0.15) is 0 Å². The number of carbonyl (C=O) groups excluding carboxylic acids is 1. The third-order valence-electron chi connectivity index (χ3n) is 5.87. The third kappa shape index (κ3) is 6.76. The van der Waals surface area contributed by atoms with E-state index in [4.69, 9.17) is 9.16 Å². The van der Waals surface area contributed by atoms with Crippen molar-refractivity contribution >= 4 is 14.3 Å². The van der Waals surface area contributed by atoms with Gasteiger partial charge >= 0.3 is 5.97 Å². The summed E-state index contributed by atoms with van der Waals surface area (Å²) in [7, 11) is -1.77. The number of hydrogen-bond donors (Lipinski definition) is 0. The minimum Gasteiger partial charge on any atom is -0.463 e. The zero-order chi connectivity index (χ0) is 21.0. The Balaban J connectivity index is 2.98. The van der Waals surface area contributed by atoms with Gasteiger partial charge in [-0.1, -0.05) is 52.3 Å². The second-order valence-corrected chi connectivity index (χ2v) is 14.7. The van der Waals surface area contributed by atoms with E-state index in [2.05, 4.69) is 60.7 Å². The zero-order valence-corrected chi connectivity index (χ0v) is 20.2. The lowest BCUT2D eigenvalue weighted by atomic mass is 9.71. The molecule has 0 radical (unpaired) electrons. The highest BCUT2D eigenvalue weighted by Crippen LogP contribution is 2.45. The summed E-state index contributed by atoms with van der Waals surface area (Å²) in [4.78, 5) is 11.6. The highest BCUT2D eigenvalue weighted by Gasteiger charge is 2.42. The SMILES string of the molecule is CCOC(=O)/C=C(C)/C=C/C1=C(C)CC(O[Si](C)(C)C(C)(C)C)CC1(C)C. The van der Waals surface area contributed by atoms with Crippen molar-refractivity contribution in [1.29, 1.82) is 0 Å². The van der Waals surface area contributed by atoms with Crippen LogP contribution in [0.1, 0.15) is 68.2 Å². The Kier molecular flexibility index (Phi) is 7.89. The van der Waals surface area contributed by atoms with Gasteiger partial charge in [-0.05, 0) is 68.3 Å². The van der Waals surface area contributed by atoms with Crippen LogP contribution < -0.4 is 0 Å². The highest BCUT2D eigenvalue weighted by molar-refractivity contribution is 6.74. The van der Waals surface area contributed by atoms with Gasteiger partial charge in [0.15, 0.2) is 8.32 Å². The molecular formula is C23H40O3Si. The standard InChI is InChI=1S/C23H40O3Si/c1-11-25-21(24)14-17(2)12-13-20-18(3)15-19(16-23(20,7)8)26-27(9,10)22(4,5)6/h12-14,19H,11,15-16H2,1-10H3/b13-12+,17-14+. The van der Waals surface area contributed by atoms with E-state index in [0.29, 0.717) is 6.61 Å². The summed E-state index contributed by atoms with van der Waals surface area (Å²) in [6.07, 6.45) is 8.03. The fourth-order valence-electron chi connectivity index (χ4n) is 3.46. The first-order chi connectivity index (χ1) is 12.2. The predicted octanol–water partition coefficient (Wildman–Crippen LogP) is 6.58. The number of esters is 1. The molecule has 0 aliphatic heterocycles. The molecule has 1 rings (SSSR count). The Morgan fingerprint density at radius 1 is 1.30 bits per heavy atom. The topological polar surface area (TPSA) is 35.5 Å². The molecule has 0 amide bonds. The summed E-state index contributed by atoms with van der Waals surface area (Å²) in [5.74, 6) is -0.281. The molecule has 0 N–H and O–H groups in total. The lowest BCUT2D eigenvalue weighted by Crippen LogP contribution is -2.46. The number of hydrogen-bond acceptors (Lipinski definition) is 3. The molecule has 0 bridgehead atoms. The van der Waals surface area contributed by atoms with Crippen LogP contribution in [-0.4, -0.2) is 27.0 Å². The van der Waals surface area contributed by atoms with E-state index in [1.807, 2.05) is 19.9 Å². The Morgan fingerprint density at radius 2 is 1.89 bits per heavy atom. The van der Waals surface area contributed by atoms with Crippen LogP contribution in [0.15, 0.2) is 34.9 Å². The summed E-state index contributed by atoms with van der Waals surface area (Å²) in [6, 6.07) is 0. The Hall–Kier alpha value is -1.13. The van der Waals surface area contributed by atoms with Crippen LogP contribution in [0.5, 0.6) is 0 Å². The molecule has 1 atom stereocenters. The van der Waals surface area contributed by atoms with Gasteiger partial charge in [-0.2, -0.15) is 0 Å². The van der Waals surface area contributed by atoms with Gasteiger partial charge in [0, 0.05) is 12.2 Å². The van der Waals surface area contributed by atoms with Crippen LogP contribution >= 0.6 is 0 Å². The maximum Gasteiger partial charge on any atom is 0.330 e. The molecule has 4 heteroatoms. The molecule has 1 aliphatic rings. The summed E-state index contributed by atoms with van der Waals surface area (Å²) in [6.45, 7) is 22.5. The average molecular weight is 393 g/mol. The van der Waals surface area contributed by atoms with Gasteiger partial charge in [0.25, 0.3) is 0 Å². The molecule has 0 fully saturated rings. The second-order valence-electron chi connectivity index (χ2n) is 9.96. The summed E-state index contributed by atoms with van der Waals surface area (Å²) in [5, 5.41) is 0.226. The van der Waals surface area contributed by atoms with Crippen LogP contribution in [0.2, 0.25) is 18.1 Å². The van der Waals surface area contributed by atoms with E-state index < -0.39 is 8.32 Å². The van der Waals surface area contributed by atoms with E-state index in [1.54, 1.807) is 6.08 Å². The molecular weight excluding hydrogens is 352 g/mol. The van der Waals surface area contributed by atoms with Crippen LogP contribution in [0.4, 0.5) is 0 Å². The van der Waals surface area contributed by atoms with Crippen molar-refractivity contribution in [3.8, 4) is 0 Å². The average Bonchev–Trinajstić information content (AvgIpc) is 2.43. The number of rotatable bonds is 6. The molecule has 154 valence electrons. The summed E-state index contributed by atoms with van der Waals surface area (Å²) >= 11 is 0. The fourth-order valence-corrected chi connectivity index (χ4v) is 4.81. The van der Waals surface area contributed by atoms with E-state index >= 15 is 0 Å². The van der Waals surface area contributed by atoms with Crippen molar-refractivity contribution in [2.75, 3.05) is 6.61 Å². The Morgan fingerprint density at radius 3 is 2.37 bits per heavy atom. The van der Waals surface area contributed by atoms with Crippen molar-refractivity contribution in [3.63, 3.8) is 0 Å². The smallest absolute Gasteiger partial charge is 0.330 e. The number of ether oxygens (including phenoxy) is 1.